The number of benzene rings is 1. The fraction of sp³-hybridized carbons (Fsp3) is 0.412. The molecule has 2 nitrogen and oxygen atoms in total. The highest BCUT2D eigenvalue weighted by atomic mass is 19.1. The fourth-order valence-electron chi connectivity index (χ4n) is 2.91. The molecule has 1 aliphatic rings. The van der Waals surface area contributed by atoms with Crippen LogP contribution >= 0.6 is 0 Å². The van der Waals surface area contributed by atoms with Crippen LogP contribution in [0.4, 0.5) is 4.39 Å². The minimum Gasteiger partial charge on any atom is -0.455 e. The van der Waals surface area contributed by atoms with E-state index in [2.05, 4.69) is 5.32 Å². The highest BCUT2D eigenvalue weighted by molar-refractivity contribution is 5.57. The first-order valence-corrected chi connectivity index (χ1v) is 7.49. The Kier molecular flexibility index (Phi) is 4.16. The second kappa shape index (κ2) is 6.23. The third-order valence-electron chi connectivity index (χ3n) is 4.09. The van der Waals surface area contributed by atoms with Crippen molar-refractivity contribution in [2.45, 2.75) is 44.7 Å². The quantitative estimate of drug-likeness (QED) is 0.908. The van der Waals surface area contributed by atoms with E-state index < -0.39 is 0 Å². The molecule has 1 saturated carbocycles. The lowest BCUT2D eigenvalue weighted by Crippen LogP contribution is -2.88. The van der Waals surface area contributed by atoms with E-state index >= 15 is 0 Å². The number of quaternary nitrogens is 1. The first-order valence-electron chi connectivity index (χ1n) is 7.49. The van der Waals surface area contributed by atoms with E-state index in [1.54, 1.807) is 12.1 Å². The number of hydrogen-bond acceptors (Lipinski definition) is 1. The molecule has 0 amide bonds. The number of hydrogen-bond donors (Lipinski definition) is 1. The van der Waals surface area contributed by atoms with Gasteiger partial charge in [-0.1, -0.05) is 6.42 Å². The van der Waals surface area contributed by atoms with Gasteiger partial charge in [0.25, 0.3) is 0 Å². The summed E-state index contributed by atoms with van der Waals surface area (Å²) >= 11 is 0. The van der Waals surface area contributed by atoms with Gasteiger partial charge >= 0.3 is 0 Å². The molecule has 1 fully saturated rings. The maximum absolute atomic E-state index is 12.9. The molecule has 0 spiro atoms. The van der Waals surface area contributed by atoms with Gasteiger partial charge in [-0.2, -0.15) is 0 Å². The molecule has 0 atom stereocenters. The maximum Gasteiger partial charge on any atom is 0.158 e. The highest BCUT2D eigenvalue weighted by Crippen LogP contribution is 2.22. The van der Waals surface area contributed by atoms with Crippen LogP contribution in [-0.4, -0.2) is 6.04 Å². The molecule has 1 aromatic carbocycles. The van der Waals surface area contributed by atoms with E-state index in [1.165, 1.54) is 44.2 Å². The summed E-state index contributed by atoms with van der Waals surface area (Å²) in [5, 5.41) is 2.40. The Balaban J connectivity index is 1.60. The molecular weight excluding hydrogens is 253 g/mol. The number of furan rings is 1. The highest BCUT2D eigenvalue weighted by Gasteiger charge is 2.16. The molecule has 1 heterocycles. The van der Waals surface area contributed by atoms with Gasteiger partial charge in [0.05, 0.1) is 6.04 Å². The maximum atomic E-state index is 12.9. The zero-order valence-electron chi connectivity index (χ0n) is 11.6. The van der Waals surface area contributed by atoms with E-state index in [4.69, 9.17) is 4.42 Å². The predicted molar refractivity (Wildman–Crippen MR) is 76.6 cm³/mol. The SMILES string of the molecule is Fc1ccc(-c2ccc(C[NH2+]C3CCCCC3)o2)cc1. The molecule has 0 bridgehead atoms. The van der Waals surface area contributed by atoms with Crippen LogP contribution in [-0.2, 0) is 6.54 Å². The lowest BCUT2D eigenvalue weighted by molar-refractivity contribution is -0.708. The lowest BCUT2D eigenvalue weighted by Gasteiger charge is -2.19. The van der Waals surface area contributed by atoms with E-state index in [-0.39, 0.29) is 5.82 Å². The Morgan fingerprint density at radius 3 is 2.50 bits per heavy atom. The summed E-state index contributed by atoms with van der Waals surface area (Å²) in [6, 6.07) is 11.2. The van der Waals surface area contributed by atoms with Crippen LogP contribution in [0, 0.1) is 5.82 Å². The van der Waals surface area contributed by atoms with E-state index in [0.29, 0.717) is 0 Å². The first-order chi connectivity index (χ1) is 9.81. The van der Waals surface area contributed by atoms with Crippen LogP contribution in [0.1, 0.15) is 37.9 Å². The normalized spacial score (nSPS) is 16.4. The fourth-order valence-corrected chi connectivity index (χ4v) is 2.91. The average molecular weight is 274 g/mol. The third kappa shape index (κ3) is 3.28. The van der Waals surface area contributed by atoms with Crippen LogP contribution in [0.5, 0.6) is 0 Å². The topological polar surface area (TPSA) is 29.8 Å². The molecule has 0 saturated heterocycles. The molecule has 20 heavy (non-hydrogen) atoms. The van der Waals surface area contributed by atoms with Crippen molar-refractivity contribution in [3.05, 3.63) is 48.0 Å². The number of nitrogens with two attached hydrogens (primary N) is 1. The van der Waals surface area contributed by atoms with Crippen molar-refractivity contribution >= 4 is 0 Å². The summed E-state index contributed by atoms with van der Waals surface area (Å²) in [7, 11) is 0. The molecule has 3 heteroatoms. The van der Waals surface area contributed by atoms with Crippen molar-refractivity contribution in [1.29, 1.82) is 0 Å². The van der Waals surface area contributed by atoms with E-state index in [9.17, 15) is 4.39 Å². The number of halogens is 1. The van der Waals surface area contributed by atoms with Gasteiger partial charge in [-0.3, -0.25) is 0 Å². The zero-order valence-corrected chi connectivity index (χ0v) is 11.6. The van der Waals surface area contributed by atoms with Crippen LogP contribution in [0.15, 0.2) is 40.8 Å². The van der Waals surface area contributed by atoms with Gasteiger partial charge in [-0.25, -0.2) is 4.39 Å². The van der Waals surface area contributed by atoms with Crippen LogP contribution in [0.2, 0.25) is 0 Å². The van der Waals surface area contributed by atoms with Crippen molar-refractivity contribution in [1.82, 2.24) is 0 Å². The Labute approximate surface area is 119 Å². The van der Waals surface area contributed by atoms with Crippen molar-refractivity contribution in [3.8, 4) is 11.3 Å². The zero-order chi connectivity index (χ0) is 13.8. The molecule has 1 aliphatic carbocycles. The second-order valence-corrected chi connectivity index (χ2v) is 5.61. The van der Waals surface area contributed by atoms with E-state index in [1.807, 2.05) is 12.1 Å². The summed E-state index contributed by atoms with van der Waals surface area (Å²) in [6.45, 7) is 0.895. The third-order valence-corrected chi connectivity index (χ3v) is 4.09. The summed E-state index contributed by atoms with van der Waals surface area (Å²) in [5.41, 5.74) is 0.926. The van der Waals surface area contributed by atoms with Gasteiger partial charge in [-0.05, 0) is 62.1 Å². The summed E-state index contributed by atoms with van der Waals surface area (Å²) in [6.07, 6.45) is 6.76. The summed E-state index contributed by atoms with van der Waals surface area (Å²) in [5.74, 6) is 1.60. The average Bonchev–Trinajstić information content (AvgIpc) is 2.96. The minimum absolute atomic E-state index is 0.217. The predicted octanol–water partition coefficient (Wildman–Crippen LogP) is 3.48. The molecule has 0 radical (unpaired) electrons. The first kappa shape index (κ1) is 13.4. The van der Waals surface area contributed by atoms with Crippen LogP contribution in [0.3, 0.4) is 0 Å². The largest absolute Gasteiger partial charge is 0.455 e. The van der Waals surface area contributed by atoms with Gasteiger partial charge in [0.2, 0.25) is 0 Å². The Hall–Kier alpha value is -1.61. The van der Waals surface area contributed by atoms with Crippen molar-refractivity contribution in [2.24, 2.45) is 0 Å². The Morgan fingerprint density at radius 2 is 1.75 bits per heavy atom. The van der Waals surface area contributed by atoms with Gasteiger partial charge in [0.15, 0.2) is 5.76 Å². The minimum atomic E-state index is -0.217. The van der Waals surface area contributed by atoms with Gasteiger partial charge in [-0.15, -0.1) is 0 Å². The van der Waals surface area contributed by atoms with Crippen molar-refractivity contribution in [2.75, 3.05) is 0 Å². The molecule has 106 valence electrons. The molecular formula is C17H21FNO+. The number of rotatable bonds is 4. The van der Waals surface area contributed by atoms with E-state index in [0.717, 1.165) is 29.7 Å². The molecule has 3 rings (SSSR count). The van der Waals surface area contributed by atoms with Crippen molar-refractivity contribution < 1.29 is 14.1 Å². The summed E-state index contributed by atoms with van der Waals surface area (Å²) in [4.78, 5) is 0. The molecule has 0 aliphatic heterocycles. The van der Waals surface area contributed by atoms with Gasteiger partial charge < -0.3 is 9.73 Å². The lowest BCUT2D eigenvalue weighted by atomic mass is 9.95. The smallest absolute Gasteiger partial charge is 0.158 e. The molecule has 1 aromatic heterocycles. The Morgan fingerprint density at radius 1 is 1.00 bits per heavy atom. The van der Waals surface area contributed by atoms with Crippen LogP contribution < -0.4 is 5.32 Å². The monoisotopic (exact) mass is 274 g/mol. The molecule has 0 unspecified atom stereocenters. The second-order valence-electron chi connectivity index (χ2n) is 5.61. The van der Waals surface area contributed by atoms with Crippen molar-refractivity contribution in [3.63, 3.8) is 0 Å². The standard InChI is InChI=1S/C17H20FNO/c18-14-8-6-13(7-9-14)17-11-10-16(20-17)12-19-15-4-2-1-3-5-15/h6-11,15,19H,1-5,12H2/p+1. The van der Waals surface area contributed by atoms with Gasteiger partial charge in [0, 0.05) is 5.56 Å². The molecule has 2 aromatic rings. The Bertz CT molecular complexity index is 540. The van der Waals surface area contributed by atoms with Gasteiger partial charge in [0.1, 0.15) is 18.1 Å². The summed E-state index contributed by atoms with van der Waals surface area (Å²) < 4.78 is 18.7. The molecule has 2 N–H and O–H groups in total. The van der Waals surface area contributed by atoms with Crippen LogP contribution in [0.25, 0.3) is 11.3 Å².